The zero-order chi connectivity index (χ0) is 13.7. The number of ether oxygens (including phenoxy) is 1. The molecule has 0 saturated heterocycles. The van der Waals surface area contributed by atoms with Crippen LogP contribution in [0.4, 0.5) is 11.5 Å². The lowest BCUT2D eigenvalue weighted by Crippen LogP contribution is -2.30. The van der Waals surface area contributed by atoms with Crippen molar-refractivity contribution in [3.63, 3.8) is 0 Å². The average Bonchev–Trinajstić information content (AvgIpc) is 2.31. The molecule has 0 aliphatic carbocycles. The highest BCUT2D eigenvalue weighted by Crippen LogP contribution is 2.29. The number of nitrogens with two attached hydrogens (primary N) is 1. The van der Waals surface area contributed by atoms with E-state index in [0.717, 1.165) is 0 Å². The number of anilines is 2. The Balaban J connectivity index is 2.99. The van der Waals surface area contributed by atoms with E-state index in [1.54, 1.807) is 0 Å². The third kappa shape index (κ3) is 3.23. The second-order valence-electron chi connectivity index (χ2n) is 4.40. The van der Waals surface area contributed by atoms with Gasteiger partial charge in [0.15, 0.2) is 5.82 Å². The van der Waals surface area contributed by atoms with Crippen LogP contribution in [0, 0.1) is 11.3 Å². The number of aromatic nitrogens is 2. The number of hydrogen-bond donors (Lipinski definition) is 1. The van der Waals surface area contributed by atoms with Gasteiger partial charge in [0.1, 0.15) is 12.0 Å². The fourth-order valence-corrected chi connectivity index (χ4v) is 1.45. The van der Waals surface area contributed by atoms with E-state index in [9.17, 15) is 0 Å². The molecule has 0 fully saturated rings. The maximum absolute atomic E-state index is 8.71. The smallest absolute Gasteiger partial charge is 0.242 e. The first-order valence-electron chi connectivity index (χ1n) is 5.84. The summed E-state index contributed by atoms with van der Waals surface area (Å²) in [6, 6.07) is 2.15. The number of nitrogens with zero attached hydrogens (tertiary/aromatic N) is 4. The van der Waals surface area contributed by atoms with Crippen LogP contribution >= 0.6 is 0 Å². The van der Waals surface area contributed by atoms with Gasteiger partial charge in [-0.3, -0.25) is 0 Å². The summed E-state index contributed by atoms with van der Waals surface area (Å²) in [5.74, 6) is 0.967. The summed E-state index contributed by atoms with van der Waals surface area (Å²) in [6.07, 6.45) is 1.82. The molecule has 1 aromatic heterocycles. The van der Waals surface area contributed by atoms with Crippen LogP contribution in [-0.4, -0.2) is 29.2 Å². The molecule has 1 aromatic rings. The SMILES string of the molecule is CC(C)Oc1ncnc(N(C)C(C)CC#N)c1N. The predicted octanol–water partition coefficient (Wildman–Crippen LogP) is 1.58. The lowest BCUT2D eigenvalue weighted by atomic mass is 10.2. The molecule has 0 spiro atoms. The Hall–Kier alpha value is -2.03. The van der Waals surface area contributed by atoms with Gasteiger partial charge in [0.05, 0.1) is 18.6 Å². The van der Waals surface area contributed by atoms with Crippen LogP contribution in [0.25, 0.3) is 0 Å². The molecule has 0 bridgehead atoms. The standard InChI is InChI=1S/C12H19N5O/c1-8(2)18-12-10(14)11(15-7-16-12)17(4)9(3)5-6-13/h7-9H,5,14H2,1-4H3. The predicted molar refractivity (Wildman–Crippen MR) is 70.3 cm³/mol. The van der Waals surface area contributed by atoms with Crippen molar-refractivity contribution in [3.05, 3.63) is 6.33 Å². The molecule has 0 amide bonds. The molecule has 2 N–H and O–H groups in total. The van der Waals surface area contributed by atoms with E-state index in [1.165, 1.54) is 6.33 Å². The molecule has 6 nitrogen and oxygen atoms in total. The Bertz CT molecular complexity index is 441. The molecule has 1 unspecified atom stereocenters. The highest BCUT2D eigenvalue weighted by atomic mass is 16.5. The quantitative estimate of drug-likeness (QED) is 0.852. The van der Waals surface area contributed by atoms with Crippen LogP contribution < -0.4 is 15.4 Å². The van der Waals surface area contributed by atoms with Crippen molar-refractivity contribution >= 4 is 11.5 Å². The maximum atomic E-state index is 8.71. The summed E-state index contributed by atoms with van der Waals surface area (Å²) >= 11 is 0. The fraction of sp³-hybridized carbons (Fsp3) is 0.583. The molecule has 98 valence electrons. The summed E-state index contributed by atoms with van der Waals surface area (Å²) in [6.45, 7) is 5.75. The highest BCUT2D eigenvalue weighted by molar-refractivity contribution is 5.67. The first-order chi connectivity index (χ1) is 8.47. The molecule has 0 radical (unpaired) electrons. The number of nitriles is 1. The molecular formula is C12H19N5O. The second kappa shape index (κ2) is 6.05. The molecule has 1 heterocycles. The minimum Gasteiger partial charge on any atom is -0.473 e. The van der Waals surface area contributed by atoms with Gasteiger partial charge in [-0.05, 0) is 20.8 Å². The summed E-state index contributed by atoms with van der Waals surface area (Å²) in [7, 11) is 1.85. The van der Waals surface area contributed by atoms with Gasteiger partial charge < -0.3 is 15.4 Å². The van der Waals surface area contributed by atoms with E-state index in [4.69, 9.17) is 15.7 Å². The third-order valence-corrected chi connectivity index (χ3v) is 2.56. The van der Waals surface area contributed by atoms with Gasteiger partial charge in [0, 0.05) is 13.1 Å². The van der Waals surface area contributed by atoms with Crippen LogP contribution in [0.1, 0.15) is 27.2 Å². The minimum absolute atomic E-state index is 0.00288. The maximum Gasteiger partial charge on any atom is 0.242 e. The van der Waals surface area contributed by atoms with Gasteiger partial charge >= 0.3 is 0 Å². The Morgan fingerprint density at radius 2 is 2.11 bits per heavy atom. The summed E-state index contributed by atoms with van der Waals surface area (Å²) < 4.78 is 5.51. The van der Waals surface area contributed by atoms with Crippen molar-refractivity contribution in [1.82, 2.24) is 9.97 Å². The largest absolute Gasteiger partial charge is 0.473 e. The van der Waals surface area contributed by atoms with Gasteiger partial charge in [0.2, 0.25) is 5.88 Å². The Kier molecular flexibility index (Phi) is 4.72. The minimum atomic E-state index is -0.00288. The monoisotopic (exact) mass is 249 g/mol. The third-order valence-electron chi connectivity index (χ3n) is 2.56. The summed E-state index contributed by atoms with van der Waals surface area (Å²) in [4.78, 5) is 10.0. The molecule has 1 atom stereocenters. The first-order valence-corrected chi connectivity index (χ1v) is 5.84. The number of rotatable bonds is 5. The Morgan fingerprint density at radius 3 is 2.67 bits per heavy atom. The average molecular weight is 249 g/mol. The van der Waals surface area contributed by atoms with Crippen molar-refractivity contribution in [2.45, 2.75) is 39.3 Å². The van der Waals surface area contributed by atoms with Crippen LogP contribution in [0.3, 0.4) is 0 Å². The molecule has 18 heavy (non-hydrogen) atoms. The van der Waals surface area contributed by atoms with E-state index < -0.39 is 0 Å². The molecule has 0 aromatic carbocycles. The Labute approximate surface area is 107 Å². The van der Waals surface area contributed by atoms with Crippen LogP contribution in [-0.2, 0) is 0 Å². The molecule has 0 saturated carbocycles. The Morgan fingerprint density at radius 1 is 1.44 bits per heavy atom. The van der Waals surface area contributed by atoms with E-state index >= 15 is 0 Å². The second-order valence-corrected chi connectivity index (χ2v) is 4.40. The van der Waals surface area contributed by atoms with Gasteiger partial charge in [-0.15, -0.1) is 0 Å². The lowest BCUT2D eigenvalue weighted by molar-refractivity contribution is 0.234. The van der Waals surface area contributed by atoms with Crippen LogP contribution in [0.15, 0.2) is 6.33 Å². The van der Waals surface area contributed by atoms with Crippen molar-refractivity contribution in [1.29, 1.82) is 5.26 Å². The molecule has 1 rings (SSSR count). The normalized spacial score (nSPS) is 12.0. The molecule has 0 aliphatic rings. The highest BCUT2D eigenvalue weighted by Gasteiger charge is 2.17. The zero-order valence-electron chi connectivity index (χ0n) is 11.2. The van der Waals surface area contributed by atoms with E-state index in [-0.39, 0.29) is 12.1 Å². The van der Waals surface area contributed by atoms with Gasteiger partial charge in [-0.1, -0.05) is 0 Å². The molecular weight excluding hydrogens is 230 g/mol. The van der Waals surface area contributed by atoms with Crippen LogP contribution in [0.5, 0.6) is 5.88 Å². The van der Waals surface area contributed by atoms with Crippen molar-refractivity contribution in [2.75, 3.05) is 17.7 Å². The van der Waals surface area contributed by atoms with E-state index in [2.05, 4.69) is 16.0 Å². The van der Waals surface area contributed by atoms with Gasteiger partial charge in [-0.25, -0.2) is 4.98 Å². The number of hydrogen-bond acceptors (Lipinski definition) is 6. The topological polar surface area (TPSA) is 88.1 Å². The first kappa shape index (κ1) is 14.0. The van der Waals surface area contributed by atoms with Crippen molar-refractivity contribution in [2.24, 2.45) is 0 Å². The lowest BCUT2D eigenvalue weighted by Gasteiger charge is -2.25. The van der Waals surface area contributed by atoms with Crippen LogP contribution in [0.2, 0.25) is 0 Å². The van der Waals surface area contributed by atoms with Gasteiger partial charge in [0.25, 0.3) is 0 Å². The van der Waals surface area contributed by atoms with Gasteiger partial charge in [-0.2, -0.15) is 10.2 Å². The summed E-state index contributed by atoms with van der Waals surface area (Å²) in [5, 5.41) is 8.71. The van der Waals surface area contributed by atoms with E-state index in [1.807, 2.05) is 32.7 Å². The fourth-order valence-electron chi connectivity index (χ4n) is 1.45. The van der Waals surface area contributed by atoms with E-state index in [0.29, 0.717) is 23.8 Å². The van der Waals surface area contributed by atoms with Crippen molar-refractivity contribution in [3.8, 4) is 11.9 Å². The molecule has 6 heteroatoms. The number of nitrogen functional groups attached to an aromatic ring is 1. The molecule has 0 aliphatic heterocycles. The van der Waals surface area contributed by atoms with Crippen molar-refractivity contribution < 1.29 is 4.74 Å². The summed E-state index contributed by atoms with van der Waals surface area (Å²) in [5.41, 5.74) is 6.39. The zero-order valence-corrected chi connectivity index (χ0v) is 11.2.